The number of anilines is 1. The van der Waals surface area contributed by atoms with E-state index < -0.39 is 15.6 Å². The van der Waals surface area contributed by atoms with Crippen LogP contribution in [0.15, 0.2) is 58.4 Å². The van der Waals surface area contributed by atoms with E-state index in [4.69, 9.17) is 11.6 Å². The van der Waals surface area contributed by atoms with E-state index >= 15 is 0 Å². The number of benzene rings is 2. The van der Waals surface area contributed by atoms with Crippen molar-refractivity contribution in [3.05, 3.63) is 69.1 Å². The molecule has 1 aliphatic heterocycles. The number of aromatic nitrogens is 2. The van der Waals surface area contributed by atoms with Gasteiger partial charge in [0.25, 0.3) is 15.9 Å². The molecule has 1 fully saturated rings. The van der Waals surface area contributed by atoms with Gasteiger partial charge in [-0.3, -0.25) is 9.52 Å². The number of piperidine rings is 1. The molecular formula is C22H19ClN4O4S3. The van der Waals surface area contributed by atoms with Crippen molar-refractivity contribution in [2.45, 2.75) is 23.3 Å². The van der Waals surface area contributed by atoms with Crippen LogP contribution in [0.25, 0.3) is 10.2 Å². The second kappa shape index (κ2) is 8.90. The van der Waals surface area contributed by atoms with Crippen LogP contribution < -0.4 is 4.72 Å². The van der Waals surface area contributed by atoms with Gasteiger partial charge in [-0.2, -0.15) is 0 Å². The fourth-order valence-electron chi connectivity index (χ4n) is 3.99. The molecule has 8 nitrogen and oxygen atoms in total. The summed E-state index contributed by atoms with van der Waals surface area (Å²) in [7, 11) is -3.85. The molecule has 3 heterocycles. The topological polar surface area (TPSA) is 112 Å². The van der Waals surface area contributed by atoms with Gasteiger partial charge in [-0.1, -0.05) is 17.7 Å². The van der Waals surface area contributed by atoms with Crippen molar-refractivity contribution in [3.8, 4) is 0 Å². The summed E-state index contributed by atoms with van der Waals surface area (Å²) < 4.78 is 29.1. The summed E-state index contributed by atoms with van der Waals surface area (Å²) in [5.74, 6) is -0.181. The minimum Gasteiger partial charge on any atom is -0.384 e. The number of carbonyl (C=O) groups excluding carboxylic acids is 1. The summed E-state index contributed by atoms with van der Waals surface area (Å²) in [6, 6.07) is 11.3. The Morgan fingerprint density at radius 3 is 2.44 bits per heavy atom. The maximum absolute atomic E-state index is 13.0. The van der Waals surface area contributed by atoms with Crippen LogP contribution in [-0.4, -0.2) is 47.4 Å². The minimum atomic E-state index is -3.85. The number of fused-ring (bicyclic) bond motifs is 1. The molecule has 1 amide bonds. The monoisotopic (exact) mass is 534 g/mol. The Kier molecular flexibility index (Phi) is 6.07. The highest BCUT2D eigenvalue weighted by Crippen LogP contribution is 2.39. The average Bonchev–Trinajstić information content (AvgIpc) is 3.48. The Labute approximate surface area is 208 Å². The number of halogens is 1. The zero-order chi connectivity index (χ0) is 23.9. The molecule has 2 aromatic carbocycles. The van der Waals surface area contributed by atoms with Crippen LogP contribution in [0, 0.1) is 0 Å². The first-order chi connectivity index (χ1) is 16.3. The number of aliphatic hydroxyl groups is 1. The van der Waals surface area contributed by atoms with Gasteiger partial charge >= 0.3 is 0 Å². The summed E-state index contributed by atoms with van der Waals surface area (Å²) in [5, 5.41) is 11.3. The standard InChI is InChI=1S/C22H19ClN4O4S3/c23-20-19(33-13-25-20)22(29)8-10-27(11-9-22)21(28)14-4-6-15(7-5-14)26-34(30,31)17-3-1-2-16-18(17)24-12-32-16/h1-7,12-13,26,29H,8-11H2. The van der Waals surface area contributed by atoms with Crippen LogP contribution >= 0.6 is 34.3 Å². The van der Waals surface area contributed by atoms with E-state index in [-0.39, 0.29) is 10.8 Å². The van der Waals surface area contributed by atoms with Gasteiger partial charge in [0.2, 0.25) is 0 Å². The van der Waals surface area contributed by atoms with E-state index in [1.165, 1.54) is 28.7 Å². The van der Waals surface area contributed by atoms with Gasteiger partial charge in [-0.05, 0) is 49.2 Å². The summed E-state index contributed by atoms with van der Waals surface area (Å²) in [5.41, 5.74) is 3.33. The Balaban J connectivity index is 1.27. The molecular weight excluding hydrogens is 516 g/mol. The molecule has 34 heavy (non-hydrogen) atoms. The normalized spacial score (nSPS) is 16.0. The SMILES string of the molecule is O=C(c1ccc(NS(=O)(=O)c2cccc3scnc23)cc1)N1CCC(O)(c2scnc2Cl)CC1. The zero-order valence-electron chi connectivity index (χ0n) is 17.6. The molecule has 1 saturated heterocycles. The molecule has 0 saturated carbocycles. The molecule has 0 unspecified atom stereocenters. The number of likely N-dealkylation sites (tertiary alicyclic amines) is 1. The number of thiazole rings is 2. The van der Waals surface area contributed by atoms with Crippen LogP contribution in [0.1, 0.15) is 28.1 Å². The highest BCUT2D eigenvalue weighted by atomic mass is 35.5. The van der Waals surface area contributed by atoms with Crippen molar-refractivity contribution in [2.75, 3.05) is 17.8 Å². The van der Waals surface area contributed by atoms with Gasteiger partial charge in [0.1, 0.15) is 21.2 Å². The lowest BCUT2D eigenvalue weighted by molar-refractivity contribution is -0.0183. The number of para-hydroxylation sites is 1. The van der Waals surface area contributed by atoms with Gasteiger partial charge in [0.05, 0.1) is 20.6 Å². The number of nitrogens with zero attached hydrogens (tertiary/aromatic N) is 3. The first-order valence-electron chi connectivity index (χ1n) is 10.3. The van der Waals surface area contributed by atoms with E-state index in [0.717, 1.165) is 4.70 Å². The largest absolute Gasteiger partial charge is 0.384 e. The Bertz CT molecular complexity index is 1460. The summed E-state index contributed by atoms with van der Waals surface area (Å²) in [6.45, 7) is 0.741. The van der Waals surface area contributed by atoms with Crippen molar-refractivity contribution >= 4 is 66.1 Å². The molecule has 1 aliphatic rings. The number of hydrogen-bond acceptors (Lipinski definition) is 8. The molecule has 0 atom stereocenters. The van der Waals surface area contributed by atoms with Crippen LogP contribution in [0.4, 0.5) is 5.69 Å². The molecule has 4 aromatic rings. The molecule has 0 spiro atoms. The quantitative estimate of drug-likeness (QED) is 0.394. The van der Waals surface area contributed by atoms with Crippen molar-refractivity contribution in [3.63, 3.8) is 0 Å². The second-order valence-corrected chi connectivity index (χ2v) is 11.7. The first-order valence-corrected chi connectivity index (χ1v) is 14.0. The lowest BCUT2D eigenvalue weighted by Crippen LogP contribution is -2.45. The lowest BCUT2D eigenvalue weighted by atomic mass is 9.90. The van der Waals surface area contributed by atoms with E-state index in [2.05, 4.69) is 14.7 Å². The van der Waals surface area contributed by atoms with E-state index in [9.17, 15) is 18.3 Å². The van der Waals surface area contributed by atoms with Gasteiger partial charge in [0, 0.05) is 24.3 Å². The smallest absolute Gasteiger partial charge is 0.264 e. The maximum Gasteiger partial charge on any atom is 0.264 e. The summed E-state index contributed by atoms with van der Waals surface area (Å²) in [4.78, 5) is 23.5. The number of amides is 1. The number of rotatable bonds is 5. The first kappa shape index (κ1) is 23.2. The molecule has 0 radical (unpaired) electrons. The van der Waals surface area contributed by atoms with Crippen molar-refractivity contribution in [1.29, 1.82) is 0 Å². The highest BCUT2D eigenvalue weighted by Gasteiger charge is 2.38. The maximum atomic E-state index is 13.0. The van der Waals surface area contributed by atoms with Crippen molar-refractivity contribution < 1.29 is 18.3 Å². The second-order valence-electron chi connectivity index (χ2n) is 7.93. The Morgan fingerprint density at radius 1 is 1.06 bits per heavy atom. The van der Waals surface area contributed by atoms with Crippen molar-refractivity contribution in [1.82, 2.24) is 14.9 Å². The van der Waals surface area contributed by atoms with E-state index in [0.29, 0.717) is 52.7 Å². The van der Waals surface area contributed by atoms with Crippen LogP contribution in [0.5, 0.6) is 0 Å². The van der Waals surface area contributed by atoms with Gasteiger partial charge in [0.15, 0.2) is 0 Å². The molecule has 12 heteroatoms. The van der Waals surface area contributed by atoms with Crippen LogP contribution in [0.3, 0.4) is 0 Å². The highest BCUT2D eigenvalue weighted by molar-refractivity contribution is 7.93. The third kappa shape index (κ3) is 4.29. The molecule has 0 aliphatic carbocycles. The predicted molar refractivity (Wildman–Crippen MR) is 133 cm³/mol. The summed E-state index contributed by atoms with van der Waals surface area (Å²) >= 11 is 8.77. The van der Waals surface area contributed by atoms with Gasteiger partial charge < -0.3 is 10.0 Å². The van der Waals surface area contributed by atoms with Gasteiger partial charge in [-0.15, -0.1) is 22.7 Å². The summed E-state index contributed by atoms with van der Waals surface area (Å²) in [6.07, 6.45) is 0.724. The van der Waals surface area contributed by atoms with E-state index in [1.807, 2.05) is 6.07 Å². The van der Waals surface area contributed by atoms with E-state index in [1.54, 1.807) is 46.3 Å². The Morgan fingerprint density at radius 2 is 1.76 bits per heavy atom. The Hall–Kier alpha value is -2.57. The lowest BCUT2D eigenvalue weighted by Gasteiger charge is -2.37. The van der Waals surface area contributed by atoms with Crippen LogP contribution in [0.2, 0.25) is 5.15 Å². The number of carbonyl (C=O) groups is 1. The average molecular weight is 535 g/mol. The number of sulfonamides is 1. The predicted octanol–water partition coefficient (Wildman–Crippen LogP) is 4.33. The number of nitrogens with one attached hydrogen (secondary N) is 1. The molecule has 2 N–H and O–H groups in total. The van der Waals surface area contributed by atoms with Crippen LogP contribution in [-0.2, 0) is 15.6 Å². The third-order valence-electron chi connectivity index (χ3n) is 5.82. The molecule has 2 aromatic heterocycles. The third-order valence-corrected chi connectivity index (χ3v) is 9.45. The molecule has 0 bridgehead atoms. The minimum absolute atomic E-state index is 0.105. The zero-order valence-corrected chi connectivity index (χ0v) is 20.8. The fraction of sp³-hybridized carbons (Fsp3) is 0.227. The molecule has 176 valence electrons. The van der Waals surface area contributed by atoms with Crippen molar-refractivity contribution in [2.24, 2.45) is 0 Å². The number of hydrogen-bond donors (Lipinski definition) is 2. The van der Waals surface area contributed by atoms with Gasteiger partial charge in [-0.25, -0.2) is 18.4 Å². The fourth-order valence-corrected chi connectivity index (χ4v) is 7.24. The molecule has 5 rings (SSSR count).